The number of carbonyl (C=O) groups is 1. The summed E-state index contributed by atoms with van der Waals surface area (Å²) in [5, 5.41) is 2.75. The molecule has 3 rings (SSSR count). The lowest BCUT2D eigenvalue weighted by Gasteiger charge is -2.07. The second-order valence-electron chi connectivity index (χ2n) is 5.14. The Balaban J connectivity index is 1.50. The van der Waals surface area contributed by atoms with Gasteiger partial charge in [0.1, 0.15) is 0 Å². The van der Waals surface area contributed by atoms with Crippen molar-refractivity contribution in [2.75, 3.05) is 12.1 Å². The number of nitrogens with one attached hydrogen (secondary N) is 1. The molecular formula is C17H15F2NO3S. The van der Waals surface area contributed by atoms with Crippen molar-refractivity contribution in [1.29, 1.82) is 0 Å². The van der Waals surface area contributed by atoms with Gasteiger partial charge in [0, 0.05) is 17.0 Å². The summed E-state index contributed by atoms with van der Waals surface area (Å²) in [6, 6.07) is 11.9. The minimum atomic E-state index is -2.45. The molecule has 1 aliphatic heterocycles. The number of ether oxygens (including phenoxy) is 2. The Labute approximate surface area is 142 Å². The van der Waals surface area contributed by atoms with Crippen molar-refractivity contribution in [3.8, 4) is 11.5 Å². The monoisotopic (exact) mass is 351 g/mol. The average Bonchev–Trinajstić information content (AvgIpc) is 3.02. The molecule has 0 saturated heterocycles. The molecule has 7 heteroatoms. The summed E-state index contributed by atoms with van der Waals surface area (Å²) >= 11 is 0.475. The minimum absolute atomic E-state index is 0.137. The molecule has 0 bridgehead atoms. The molecule has 1 aliphatic rings. The number of anilines is 1. The fourth-order valence-electron chi connectivity index (χ4n) is 2.30. The Bertz CT molecular complexity index is 722. The second-order valence-corrected chi connectivity index (χ2v) is 6.20. The Morgan fingerprint density at radius 3 is 2.62 bits per heavy atom. The Kier molecular flexibility index (Phi) is 5.20. The van der Waals surface area contributed by atoms with Crippen LogP contribution in [0.5, 0.6) is 11.5 Å². The van der Waals surface area contributed by atoms with Crippen molar-refractivity contribution >= 4 is 23.4 Å². The predicted octanol–water partition coefficient (Wildman–Crippen LogP) is 4.30. The molecule has 0 saturated carbocycles. The highest BCUT2D eigenvalue weighted by atomic mass is 32.2. The van der Waals surface area contributed by atoms with Crippen molar-refractivity contribution in [2.24, 2.45) is 0 Å². The molecule has 0 unspecified atom stereocenters. The van der Waals surface area contributed by atoms with Crippen LogP contribution in [0.2, 0.25) is 0 Å². The van der Waals surface area contributed by atoms with Crippen molar-refractivity contribution in [1.82, 2.24) is 0 Å². The van der Waals surface area contributed by atoms with Crippen LogP contribution in [0, 0.1) is 0 Å². The molecule has 24 heavy (non-hydrogen) atoms. The van der Waals surface area contributed by atoms with Gasteiger partial charge in [0.2, 0.25) is 12.7 Å². The third-order valence-corrected chi connectivity index (χ3v) is 4.16. The molecule has 2 aromatic carbocycles. The summed E-state index contributed by atoms with van der Waals surface area (Å²) in [4.78, 5) is 12.5. The number of benzene rings is 2. The smallest absolute Gasteiger partial charge is 0.288 e. The van der Waals surface area contributed by atoms with Crippen molar-refractivity contribution in [3.05, 3.63) is 48.0 Å². The molecule has 0 radical (unpaired) electrons. The SMILES string of the molecule is O=C(CCc1ccc2c(c1)OCO2)Nc1ccc(SC(F)F)cc1. The summed E-state index contributed by atoms with van der Waals surface area (Å²) in [5.74, 6) is -1.18. The number of carbonyl (C=O) groups excluding carboxylic acids is 1. The van der Waals surface area contributed by atoms with E-state index >= 15 is 0 Å². The lowest BCUT2D eigenvalue weighted by atomic mass is 10.1. The predicted molar refractivity (Wildman–Crippen MR) is 87.8 cm³/mol. The first-order valence-corrected chi connectivity index (χ1v) is 8.21. The maximum atomic E-state index is 12.3. The first-order valence-electron chi connectivity index (χ1n) is 7.33. The lowest BCUT2D eigenvalue weighted by Crippen LogP contribution is -2.12. The first-order chi connectivity index (χ1) is 11.6. The van der Waals surface area contributed by atoms with Gasteiger partial charge in [0.25, 0.3) is 5.76 Å². The van der Waals surface area contributed by atoms with E-state index < -0.39 is 5.76 Å². The van der Waals surface area contributed by atoms with Crippen LogP contribution >= 0.6 is 11.8 Å². The molecule has 1 amide bonds. The molecular weight excluding hydrogens is 336 g/mol. The minimum Gasteiger partial charge on any atom is -0.454 e. The number of alkyl halides is 2. The summed E-state index contributed by atoms with van der Waals surface area (Å²) in [7, 11) is 0. The second kappa shape index (κ2) is 7.53. The van der Waals surface area contributed by atoms with Gasteiger partial charge in [-0.25, -0.2) is 0 Å². The maximum absolute atomic E-state index is 12.3. The van der Waals surface area contributed by atoms with Gasteiger partial charge in [-0.3, -0.25) is 4.79 Å². The van der Waals surface area contributed by atoms with Crippen LogP contribution in [-0.4, -0.2) is 18.5 Å². The first kappa shape index (κ1) is 16.6. The normalized spacial score (nSPS) is 12.5. The van der Waals surface area contributed by atoms with Gasteiger partial charge in [-0.1, -0.05) is 17.8 Å². The van der Waals surface area contributed by atoms with E-state index in [1.165, 1.54) is 0 Å². The number of halogens is 2. The number of thioether (sulfide) groups is 1. The van der Waals surface area contributed by atoms with E-state index in [0.29, 0.717) is 46.7 Å². The zero-order valence-electron chi connectivity index (χ0n) is 12.6. The third-order valence-electron chi connectivity index (χ3n) is 3.44. The van der Waals surface area contributed by atoms with E-state index in [1.54, 1.807) is 24.3 Å². The average molecular weight is 351 g/mol. The van der Waals surface area contributed by atoms with Gasteiger partial charge in [-0.15, -0.1) is 0 Å². The summed E-state index contributed by atoms with van der Waals surface area (Å²) in [6.07, 6.45) is 0.884. The van der Waals surface area contributed by atoms with Crippen LogP contribution in [0.25, 0.3) is 0 Å². The highest BCUT2D eigenvalue weighted by Crippen LogP contribution is 2.32. The molecule has 0 spiro atoms. The number of hydrogen-bond donors (Lipinski definition) is 1. The molecule has 0 aliphatic carbocycles. The molecule has 4 nitrogen and oxygen atoms in total. The Morgan fingerprint density at radius 1 is 1.12 bits per heavy atom. The van der Waals surface area contributed by atoms with E-state index in [-0.39, 0.29) is 12.7 Å². The van der Waals surface area contributed by atoms with Crippen molar-refractivity contribution in [3.63, 3.8) is 0 Å². The standard InChI is InChI=1S/C17H15F2NO3S/c18-17(19)24-13-5-3-12(4-6-13)20-16(21)8-2-11-1-7-14-15(9-11)23-10-22-14/h1,3-7,9,17H,2,8,10H2,(H,20,21). The molecule has 1 heterocycles. The topological polar surface area (TPSA) is 47.6 Å². The molecule has 0 fully saturated rings. The van der Waals surface area contributed by atoms with Gasteiger partial charge in [0.15, 0.2) is 11.5 Å². The summed E-state index contributed by atoms with van der Waals surface area (Å²) in [5.41, 5.74) is 1.57. The third kappa shape index (κ3) is 4.38. The summed E-state index contributed by atoms with van der Waals surface area (Å²) < 4.78 is 35.0. The van der Waals surface area contributed by atoms with Crippen molar-refractivity contribution < 1.29 is 23.0 Å². The lowest BCUT2D eigenvalue weighted by molar-refractivity contribution is -0.116. The van der Waals surface area contributed by atoms with Crippen LogP contribution in [0.15, 0.2) is 47.4 Å². The Morgan fingerprint density at radius 2 is 1.88 bits per heavy atom. The molecule has 0 aromatic heterocycles. The number of hydrogen-bond acceptors (Lipinski definition) is 4. The van der Waals surface area contributed by atoms with Gasteiger partial charge >= 0.3 is 0 Å². The van der Waals surface area contributed by atoms with E-state index in [0.717, 1.165) is 5.56 Å². The highest BCUT2D eigenvalue weighted by Gasteiger charge is 2.13. The molecule has 2 aromatic rings. The maximum Gasteiger partial charge on any atom is 0.288 e. The highest BCUT2D eigenvalue weighted by molar-refractivity contribution is 7.99. The van der Waals surface area contributed by atoms with Crippen molar-refractivity contribution in [2.45, 2.75) is 23.5 Å². The largest absolute Gasteiger partial charge is 0.454 e. The zero-order valence-corrected chi connectivity index (χ0v) is 13.4. The van der Waals surface area contributed by atoms with Gasteiger partial charge in [-0.2, -0.15) is 8.78 Å². The van der Waals surface area contributed by atoms with Crippen LogP contribution in [0.1, 0.15) is 12.0 Å². The van der Waals surface area contributed by atoms with E-state index in [9.17, 15) is 13.6 Å². The molecule has 1 N–H and O–H groups in total. The number of amides is 1. The van der Waals surface area contributed by atoms with Crippen LogP contribution in [0.4, 0.5) is 14.5 Å². The van der Waals surface area contributed by atoms with Crippen LogP contribution in [0.3, 0.4) is 0 Å². The van der Waals surface area contributed by atoms with Crippen LogP contribution < -0.4 is 14.8 Å². The van der Waals surface area contributed by atoms with Gasteiger partial charge in [-0.05, 0) is 48.4 Å². The van der Waals surface area contributed by atoms with Crippen LogP contribution in [-0.2, 0) is 11.2 Å². The number of aryl methyl sites for hydroxylation is 1. The van der Waals surface area contributed by atoms with E-state index in [1.807, 2.05) is 18.2 Å². The van der Waals surface area contributed by atoms with E-state index in [4.69, 9.17) is 9.47 Å². The number of fused-ring (bicyclic) bond motifs is 1. The van der Waals surface area contributed by atoms with Gasteiger partial charge < -0.3 is 14.8 Å². The van der Waals surface area contributed by atoms with E-state index in [2.05, 4.69) is 5.32 Å². The fraction of sp³-hybridized carbons (Fsp3) is 0.235. The van der Waals surface area contributed by atoms with Gasteiger partial charge in [0.05, 0.1) is 0 Å². The fourth-order valence-corrected chi connectivity index (χ4v) is 2.80. The number of rotatable bonds is 6. The zero-order chi connectivity index (χ0) is 16.9. The molecule has 126 valence electrons. The quantitative estimate of drug-likeness (QED) is 0.788. The summed E-state index contributed by atoms with van der Waals surface area (Å²) in [6.45, 7) is 0.221. The molecule has 0 atom stereocenters. The Hall–Kier alpha value is -2.28.